The monoisotopic (exact) mass is 384 g/mol. The highest BCUT2D eigenvalue weighted by molar-refractivity contribution is 6.07. The molecule has 0 aromatic heterocycles. The maximum Gasteiger partial charge on any atom is 0.235 e. The molecule has 5 nitrogen and oxygen atoms in total. The van der Waals surface area contributed by atoms with Crippen molar-refractivity contribution in [3.05, 3.63) is 65.5 Å². The molecule has 148 valence electrons. The summed E-state index contributed by atoms with van der Waals surface area (Å²) < 4.78 is 18.7. The van der Waals surface area contributed by atoms with Gasteiger partial charge in [0.15, 0.2) is 0 Å². The SMILES string of the molecule is COc1ccc(CCNC(=O)C2(C(=O)NCCc3ccccc3F)CC2)cc1. The van der Waals surface area contributed by atoms with Gasteiger partial charge < -0.3 is 15.4 Å². The zero-order chi connectivity index (χ0) is 20.0. The van der Waals surface area contributed by atoms with Crippen molar-refractivity contribution in [1.82, 2.24) is 10.6 Å². The van der Waals surface area contributed by atoms with Crippen LogP contribution in [0.3, 0.4) is 0 Å². The Kier molecular flexibility index (Phi) is 6.29. The lowest BCUT2D eigenvalue weighted by atomic mass is 10.0. The fourth-order valence-electron chi connectivity index (χ4n) is 3.15. The molecule has 0 saturated heterocycles. The molecule has 0 atom stereocenters. The van der Waals surface area contributed by atoms with E-state index in [1.807, 2.05) is 24.3 Å². The second kappa shape index (κ2) is 8.87. The summed E-state index contributed by atoms with van der Waals surface area (Å²) in [5.74, 6) is 0.00104. The molecule has 2 N–H and O–H groups in total. The van der Waals surface area contributed by atoms with E-state index >= 15 is 0 Å². The molecule has 0 unspecified atom stereocenters. The van der Waals surface area contributed by atoms with Crippen molar-refractivity contribution in [1.29, 1.82) is 0 Å². The Balaban J connectivity index is 1.43. The van der Waals surface area contributed by atoms with Crippen molar-refractivity contribution < 1.29 is 18.7 Å². The number of ether oxygens (including phenoxy) is 1. The topological polar surface area (TPSA) is 67.4 Å². The van der Waals surface area contributed by atoms with Gasteiger partial charge in [-0.15, -0.1) is 0 Å². The molecular weight excluding hydrogens is 359 g/mol. The summed E-state index contributed by atoms with van der Waals surface area (Å²) in [6, 6.07) is 14.1. The standard InChI is InChI=1S/C22H25FN2O3/c1-28-18-8-6-16(7-9-18)10-14-24-20(26)22(12-13-22)21(27)25-15-11-17-4-2-3-5-19(17)23/h2-9H,10-15H2,1H3,(H,24,26)(H,25,27). The Morgan fingerprint density at radius 2 is 1.57 bits per heavy atom. The molecule has 28 heavy (non-hydrogen) atoms. The Labute approximate surface area is 164 Å². The number of carbonyl (C=O) groups excluding carboxylic acids is 2. The van der Waals surface area contributed by atoms with Crippen molar-refractivity contribution in [2.75, 3.05) is 20.2 Å². The lowest BCUT2D eigenvalue weighted by Crippen LogP contribution is -2.44. The largest absolute Gasteiger partial charge is 0.497 e. The molecule has 0 heterocycles. The summed E-state index contributed by atoms with van der Waals surface area (Å²) in [7, 11) is 1.62. The molecule has 1 fully saturated rings. The number of hydrogen-bond donors (Lipinski definition) is 2. The Hall–Kier alpha value is -2.89. The second-order valence-electron chi connectivity index (χ2n) is 7.03. The number of nitrogens with one attached hydrogen (secondary N) is 2. The van der Waals surface area contributed by atoms with Crippen molar-refractivity contribution >= 4 is 11.8 Å². The highest BCUT2D eigenvalue weighted by atomic mass is 19.1. The van der Waals surface area contributed by atoms with Crippen LogP contribution in [0.1, 0.15) is 24.0 Å². The summed E-state index contributed by atoms with van der Waals surface area (Å²) in [5.41, 5.74) is 0.673. The van der Waals surface area contributed by atoms with E-state index in [0.717, 1.165) is 11.3 Å². The number of halogens is 1. The summed E-state index contributed by atoms with van der Waals surface area (Å²) in [5, 5.41) is 5.65. The smallest absolute Gasteiger partial charge is 0.235 e. The first-order valence-electron chi connectivity index (χ1n) is 9.48. The Morgan fingerprint density at radius 1 is 0.964 bits per heavy atom. The third-order valence-corrected chi connectivity index (χ3v) is 5.12. The minimum Gasteiger partial charge on any atom is -0.497 e. The minimum atomic E-state index is -0.963. The third kappa shape index (κ3) is 4.68. The summed E-state index contributed by atoms with van der Waals surface area (Å²) in [6.45, 7) is 0.774. The van der Waals surface area contributed by atoms with E-state index in [2.05, 4.69) is 10.6 Å². The molecule has 0 bridgehead atoms. The average Bonchev–Trinajstić information content (AvgIpc) is 3.52. The number of amides is 2. The fourth-order valence-corrected chi connectivity index (χ4v) is 3.15. The molecular formula is C22H25FN2O3. The van der Waals surface area contributed by atoms with E-state index < -0.39 is 5.41 Å². The number of carbonyl (C=O) groups is 2. The van der Waals surface area contributed by atoms with Gasteiger partial charge in [0, 0.05) is 13.1 Å². The number of hydrogen-bond acceptors (Lipinski definition) is 3. The first-order valence-corrected chi connectivity index (χ1v) is 9.48. The average molecular weight is 384 g/mol. The third-order valence-electron chi connectivity index (χ3n) is 5.12. The second-order valence-corrected chi connectivity index (χ2v) is 7.03. The number of benzene rings is 2. The van der Waals surface area contributed by atoms with Gasteiger partial charge >= 0.3 is 0 Å². The van der Waals surface area contributed by atoms with Gasteiger partial charge in [0.2, 0.25) is 11.8 Å². The van der Waals surface area contributed by atoms with Crippen LogP contribution in [0, 0.1) is 11.2 Å². The first kappa shape index (κ1) is 19.9. The highest BCUT2D eigenvalue weighted by Gasteiger charge is 2.56. The van der Waals surface area contributed by atoms with Crippen LogP contribution < -0.4 is 15.4 Å². The Morgan fingerprint density at radius 3 is 2.14 bits per heavy atom. The van der Waals surface area contributed by atoms with Crippen molar-refractivity contribution in [3.63, 3.8) is 0 Å². The fraction of sp³-hybridized carbons (Fsp3) is 0.364. The first-order chi connectivity index (χ1) is 13.5. The van der Waals surface area contributed by atoms with Gasteiger partial charge in [0.25, 0.3) is 0 Å². The predicted molar refractivity (Wildman–Crippen MR) is 104 cm³/mol. The van der Waals surface area contributed by atoms with Gasteiger partial charge in [-0.1, -0.05) is 30.3 Å². The van der Waals surface area contributed by atoms with Crippen LogP contribution in [0.2, 0.25) is 0 Å². The molecule has 1 aliphatic rings. The van der Waals surface area contributed by atoms with Crippen LogP contribution >= 0.6 is 0 Å². The minimum absolute atomic E-state index is 0.232. The summed E-state index contributed by atoms with van der Waals surface area (Å²) in [4.78, 5) is 25.0. The molecule has 0 radical (unpaired) electrons. The van der Waals surface area contributed by atoms with Crippen LogP contribution in [0.4, 0.5) is 4.39 Å². The van der Waals surface area contributed by atoms with E-state index in [1.54, 1.807) is 25.3 Å². The number of methoxy groups -OCH3 is 1. The van der Waals surface area contributed by atoms with E-state index in [-0.39, 0.29) is 17.6 Å². The lowest BCUT2D eigenvalue weighted by Gasteiger charge is -2.15. The van der Waals surface area contributed by atoms with Crippen molar-refractivity contribution in [3.8, 4) is 5.75 Å². The van der Waals surface area contributed by atoms with Gasteiger partial charge in [-0.25, -0.2) is 4.39 Å². The van der Waals surface area contributed by atoms with Crippen molar-refractivity contribution in [2.45, 2.75) is 25.7 Å². The van der Waals surface area contributed by atoms with E-state index in [4.69, 9.17) is 4.74 Å². The van der Waals surface area contributed by atoms with Gasteiger partial charge in [-0.2, -0.15) is 0 Å². The zero-order valence-electron chi connectivity index (χ0n) is 16.0. The van der Waals surface area contributed by atoms with Crippen molar-refractivity contribution in [2.24, 2.45) is 5.41 Å². The summed E-state index contributed by atoms with van der Waals surface area (Å²) in [6.07, 6.45) is 2.17. The van der Waals surface area contributed by atoms with Crippen LogP contribution in [-0.4, -0.2) is 32.0 Å². The molecule has 2 aromatic rings. The zero-order valence-corrected chi connectivity index (χ0v) is 16.0. The quantitative estimate of drug-likeness (QED) is 0.653. The molecule has 0 spiro atoms. The molecule has 6 heteroatoms. The van der Waals surface area contributed by atoms with Gasteiger partial charge in [-0.05, 0) is 55.0 Å². The van der Waals surface area contributed by atoms with E-state index in [9.17, 15) is 14.0 Å². The van der Waals surface area contributed by atoms with Crippen LogP contribution in [0.15, 0.2) is 48.5 Å². The van der Waals surface area contributed by atoms with Gasteiger partial charge in [0.05, 0.1) is 7.11 Å². The molecule has 2 aromatic carbocycles. The maximum atomic E-state index is 13.6. The van der Waals surface area contributed by atoms with E-state index in [0.29, 0.717) is 44.3 Å². The molecule has 3 rings (SSSR count). The van der Waals surface area contributed by atoms with Crippen LogP contribution in [0.5, 0.6) is 5.75 Å². The molecule has 1 saturated carbocycles. The highest BCUT2D eigenvalue weighted by Crippen LogP contribution is 2.46. The van der Waals surface area contributed by atoms with Crippen LogP contribution in [-0.2, 0) is 22.4 Å². The maximum absolute atomic E-state index is 13.6. The Bertz CT molecular complexity index is 832. The summed E-state index contributed by atoms with van der Waals surface area (Å²) >= 11 is 0. The van der Waals surface area contributed by atoms with E-state index in [1.165, 1.54) is 6.07 Å². The normalized spacial score (nSPS) is 14.2. The molecule has 0 aliphatic heterocycles. The van der Waals surface area contributed by atoms with Gasteiger partial charge in [0.1, 0.15) is 17.0 Å². The predicted octanol–water partition coefficient (Wildman–Crippen LogP) is 2.63. The molecule has 2 amide bonds. The molecule has 1 aliphatic carbocycles. The number of rotatable bonds is 9. The lowest BCUT2D eigenvalue weighted by molar-refractivity contribution is -0.137. The van der Waals surface area contributed by atoms with Gasteiger partial charge in [-0.3, -0.25) is 9.59 Å². The van der Waals surface area contributed by atoms with Crippen LogP contribution in [0.25, 0.3) is 0 Å².